The fourth-order valence-corrected chi connectivity index (χ4v) is 1.36. The summed E-state index contributed by atoms with van der Waals surface area (Å²) >= 11 is 0. The topological polar surface area (TPSA) is 86.3 Å². The lowest BCUT2D eigenvalue weighted by molar-refractivity contribution is -0.137. The number of carbonyl (C=O) groups excluding carboxylic acids is 1. The van der Waals surface area contributed by atoms with Gasteiger partial charge in [-0.25, -0.2) is 9.78 Å². The third-order valence-corrected chi connectivity index (χ3v) is 2.21. The summed E-state index contributed by atoms with van der Waals surface area (Å²) in [5.41, 5.74) is -0.857. The van der Waals surface area contributed by atoms with Crippen molar-refractivity contribution in [3.63, 3.8) is 0 Å². The van der Waals surface area contributed by atoms with Crippen LogP contribution in [-0.2, 0) is 6.18 Å². The molecule has 0 aromatic carbocycles. The number of rotatable bonds is 6. The van der Waals surface area contributed by atoms with Crippen molar-refractivity contribution in [3.05, 3.63) is 23.9 Å². The van der Waals surface area contributed by atoms with Crippen LogP contribution in [0.5, 0.6) is 0 Å². The first-order valence-corrected chi connectivity index (χ1v) is 5.84. The van der Waals surface area contributed by atoms with Crippen LogP contribution in [0, 0.1) is 0 Å². The fraction of sp³-hybridized carbons (Fsp3) is 0.455. The third kappa shape index (κ3) is 5.31. The van der Waals surface area contributed by atoms with Crippen molar-refractivity contribution in [2.24, 2.45) is 0 Å². The largest absolute Gasteiger partial charge is 0.419 e. The second kappa shape index (κ2) is 7.53. The highest BCUT2D eigenvalue weighted by molar-refractivity contribution is 5.73. The quantitative estimate of drug-likeness (QED) is 0.584. The molecular weight excluding hydrogens is 277 g/mol. The maximum Gasteiger partial charge on any atom is 0.419 e. The summed E-state index contributed by atoms with van der Waals surface area (Å²) in [6, 6.07) is 1.63. The minimum absolute atomic E-state index is 0.0899. The van der Waals surface area contributed by atoms with Gasteiger partial charge >= 0.3 is 12.2 Å². The second-order valence-electron chi connectivity index (χ2n) is 3.73. The molecule has 112 valence electrons. The average Bonchev–Trinajstić information content (AvgIpc) is 2.40. The van der Waals surface area contributed by atoms with E-state index in [9.17, 15) is 18.0 Å². The van der Waals surface area contributed by atoms with Crippen LogP contribution in [0.4, 0.5) is 23.8 Å². The van der Waals surface area contributed by atoms with Gasteiger partial charge in [-0.15, -0.1) is 0 Å². The highest BCUT2D eigenvalue weighted by Crippen LogP contribution is 2.33. The average molecular weight is 292 g/mol. The maximum absolute atomic E-state index is 12.6. The molecule has 6 nitrogen and oxygen atoms in total. The number of aliphatic hydroxyl groups excluding tert-OH is 1. The monoisotopic (exact) mass is 292 g/mol. The van der Waals surface area contributed by atoms with E-state index in [1.54, 1.807) is 0 Å². The van der Waals surface area contributed by atoms with E-state index in [-0.39, 0.29) is 32.1 Å². The Morgan fingerprint density at radius 3 is 2.60 bits per heavy atom. The van der Waals surface area contributed by atoms with Crippen LogP contribution in [0.1, 0.15) is 5.56 Å². The number of hydrogen-bond donors (Lipinski definition) is 4. The minimum Gasteiger partial charge on any atom is -0.395 e. The summed E-state index contributed by atoms with van der Waals surface area (Å²) in [6.45, 7) is 0.129. The second-order valence-corrected chi connectivity index (χ2v) is 3.73. The summed E-state index contributed by atoms with van der Waals surface area (Å²) in [5, 5.41) is 15.7. The molecule has 1 aromatic heterocycles. The van der Waals surface area contributed by atoms with Gasteiger partial charge in [0.2, 0.25) is 0 Å². The first-order chi connectivity index (χ1) is 9.45. The van der Waals surface area contributed by atoms with Crippen LogP contribution in [0.15, 0.2) is 18.3 Å². The molecule has 0 saturated heterocycles. The molecule has 0 spiro atoms. The smallest absolute Gasteiger partial charge is 0.395 e. The summed E-state index contributed by atoms with van der Waals surface area (Å²) in [5.74, 6) is -0.280. The molecule has 9 heteroatoms. The van der Waals surface area contributed by atoms with E-state index in [1.807, 2.05) is 0 Å². The molecule has 0 radical (unpaired) electrons. The molecule has 4 N–H and O–H groups in total. The zero-order valence-corrected chi connectivity index (χ0v) is 10.5. The predicted molar refractivity (Wildman–Crippen MR) is 66.2 cm³/mol. The highest BCUT2D eigenvalue weighted by Gasteiger charge is 2.33. The van der Waals surface area contributed by atoms with Crippen molar-refractivity contribution < 1.29 is 23.1 Å². The molecule has 0 saturated carbocycles. The fourth-order valence-electron chi connectivity index (χ4n) is 1.36. The van der Waals surface area contributed by atoms with Gasteiger partial charge in [0, 0.05) is 25.8 Å². The van der Waals surface area contributed by atoms with Crippen LogP contribution in [0.3, 0.4) is 0 Å². The number of hydrogen-bond acceptors (Lipinski definition) is 4. The number of anilines is 1. The number of amides is 2. The van der Waals surface area contributed by atoms with Gasteiger partial charge in [-0.05, 0) is 12.1 Å². The molecule has 0 aliphatic heterocycles. The Bertz CT molecular complexity index is 440. The van der Waals surface area contributed by atoms with Gasteiger partial charge in [0.1, 0.15) is 5.82 Å². The Morgan fingerprint density at radius 2 is 1.95 bits per heavy atom. The van der Waals surface area contributed by atoms with Crippen molar-refractivity contribution >= 4 is 11.8 Å². The lowest BCUT2D eigenvalue weighted by Gasteiger charge is -2.13. The summed E-state index contributed by atoms with van der Waals surface area (Å²) < 4.78 is 37.9. The molecular formula is C11H15F3N4O2. The first-order valence-electron chi connectivity index (χ1n) is 5.84. The predicted octanol–water partition coefficient (Wildman–Crippen LogP) is 0.804. The number of carbonyl (C=O) groups is 1. The third-order valence-electron chi connectivity index (χ3n) is 2.21. The molecule has 0 fully saturated rings. The number of urea groups is 1. The summed E-state index contributed by atoms with van der Waals surface area (Å²) in [6.07, 6.45) is -3.23. The molecule has 1 heterocycles. The Balaban J connectivity index is 2.41. The van der Waals surface area contributed by atoms with Crippen LogP contribution in [-0.4, -0.2) is 42.4 Å². The van der Waals surface area contributed by atoms with Crippen molar-refractivity contribution in [2.45, 2.75) is 6.18 Å². The normalized spacial score (nSPS) is 11.0. The zero-order chi connectivity index (χ0) is 15.0. The molecule has 0 bridgehead atoms. The standard InChI is InChI=1S/C11H15F3N4O2/c12-11(13,14)8-2-1-3-15-9(8)16-4-5-17-10(20)18-6-7-19/h1-3,19H,4-7H2,(H,15,16)(H2,17,18,20). The van der Waals surface area contributed by atoms with Crippen LogP contribution >= 0.6 is 0 Å². The molecule has 2 amide bonds. The van der Waals surface area contributed by atoms with E-state index in [2.05, 4.69) is 20.9 Å². The van der Waals surface area contributed by atoms with E-state index in [4.69, 9.17) is 5.11 Å². The first kappa shape index (κ1) is 16.0. The number of aromatic nitrogens is 1. The van der Waals surface area contributed by atoms with Crippen LogP contribution in [0.25, 0.3) is 0 Å². The number of nitrogens with one attached hydrogen (secondary N) is 3. The van der Waals surface area contributed by atoms with Crippen molar-refractivity contribution in [3.8, 4) is 0 Å². The summed E-state index contributed by atoms with van der Waals surface area (Å²) in [4.78, 5) is 14.7. The Morgan fingerprint density at radius 1 is 1.25 bits per heavy atom. The SMILES string of the molecule is O=C(NCCO)NCCNc1ncccc1C(F)(F)F. The van der Waals surface area contributed by atoms with E-state index >= 15 is 0 Å². The highest BCUT2D eigenvalue weighted by atomic mass is 19.4. The zero-order valence-electron chi connectivity index (χ0n) is 10.5. The van der Waals surface area contributed by atoms with Crippen molar-refractivity contribution in [1.29, 1.82) is 0 Å². The molecule has 1 rings (SSSR count). The van der Waals surface area contributed by atoms with Crippen molar-refractivity contribution in [1.82, 2.24) is 15.6 Å². The minimum atomic E-state index is -4.48. The van der Waals surface area contributed by atoms with Gasteiger partial charge in [0.25, 0.3) is 0 Å². The van der Waals surface area contributed by atoms with Crippen LogP contribution < -0.4 is 16.0 Å². The lowest BCUT2D eigenvalue weighted by Crippen LogP contribution is -2.39. The number of halogens is 3. The Hall–Kier alpha value is -2.03. The maximum atomic E-state index is 12.6. The van der Waals surface area contributed by atoms with Gasteiger partial charge in [0.05, 0.1) is 12.2 Å². The Labute approximate surface area is 113 Å². The van der Waals surface area contributed by atoms with E-state index in [0.29, 0.717) is 0 Å². The van der Waals surface area contributed by atoms with Gasteiger partial charge < -0.3 is 21.1 Å². The molecule has 20 heavy (non-hydrogen) atoms. The molecule has 0 atom stereocenters. The number of nitrogens with zero attached hydrogens (tertiary/aromatic N) is 1. The van der Waals surface area contributed by atoms with Gasteiger partial charge in [0.15, 0.2) is 0 Å². The number of aliphatic hydroxyl groups is 1. The van der Waals surface area contributed by atoms with Crippen molar-refractivity contribution in [2.75, 3.05) is 31.6 Å². The van der Waals surface area contributed by atoms with Gasteiger partial charge in [-0.2, -0.15) is 13.2 Å². The molecule has 0 aliphatic rings. The molecule has 1 aromatic rings. The lowest BCUT2D eigenvalue weighted by atomic mass is 10.2. The van der Waals surface area contributed by atoms with E-state index in [0.717, 1.165) is 6.07 Å². The number of alkyl halides is 3. The summed E-state index contributed by atoms with van der Waals surface area (Å²) in [7, 11) is 0. The van der Waals surface area contributed by atoms with Crippen LogP contribution in [0.2, 0.25) is 0 Å². The van der Waals surface area contributed by atoms with Gasteiger partial charge in [-0.3, -0.25) is 0 Å². The molecule has 0 unspecified atom stereocenters. The van der Waals surface area contributed by atoms with E-state index < -0.39 is 17.8 Å². The number of pyridine rings is 1. The van der Waals surface area contributed by atoms with Gasteiger partial charge in [-0.1, -0.05) is 0 Å². The van der Waals surface area contributed by atoms with E-state index in [1.165, 1.54) is 12.3 Å². The molecule has 0 aliphatic carbocycles. The Kier molecular flexibility index (Phi) is 6.04.